The molecule has 0 saturated carbocycles. The van der Waals surface area contributed by atoms with Crippen molar-refractivity contribution in [3.63, 3.8) is 0 Å². The monoisotopic (exact) mass is 235 g/mol. The van der Waals surface area contributed by atoms with Gasteiger partial charge in [-0.05, 0) is 30.9 Å². The van der Waals surface area contributed by atoms with E-state index in [4.69, 9.17) is 4.74 Å². The molecule has 0 amide bonds. The van der Waals surface area contributed by atoms with Crippen molar-refractivity contribution in [1.29, 1.82) is 0 Å². The molecular formula is C13H21N3O. The Bertz CT molecular complexity index is 329. The molecule has 1 saturated heterocycles. The van der Waals surface area contributed by atoms with Crippen LogP contribution in [0.25, 0.3) is 0 Å². The number of rotatable bonds is 4. The highest BCUT2D eigenvalue weighted by Gasteiger charge is 2.24. The molecule has 0 radical (unpaired) electrons. The molecule has 1 N–H and O–H groups in total. The van der Waals surface area contributed by atoms with Gasteiger partial charge in [-0.2, -0.15) is 10.2 Å². The maximum absolute atomic E-state index is 5.75. The zero-order chi connectivity index (χ0) is 12.1. The van der Waals surface area contributed by atoms with Crippen LogP contribution in [-0.2, 0) is 11.3 Å². The SMILES string of the molecule is CC(C)C1CC(NCc2cccnn2)CCO1. The van der Waals surface area contributed by atoms with Crippen molar-refractivity contribution in [2.24, 2.45) is 5.92 Å². The first-order chi connectivity index (χ1) is 8.25. The maximum Gasteiger partial charge on any atom is 0.0769 e. The van der Waals surface area contributed by atoms with E-state index in [1.165, 1.54) is 0 Å². The molecule has 2 rings (SSSR count). The molecule has 0 aliphatic carbocycles. The van der Waals surface area contributed by atoms with Crippen LogP contribution in [-0.4, -0.2) is 29.0 Å². The van der Waals surface area contributed by atoms with Gasteiger partial charge in [0, 0.05) is 25.4 Å². The predicted molar refractivity (Wildman–Crippen MR) is 66.5 cm³/mol. The molecule has 1 aliphatic rings. The number of ether oxygens (including phenoxy) is 1. The summed E-state index contributed by atoms with van der Waals surface area (Å²) in [7, 11) is 0. The van der Waals surface area contributed by atoms with Crippen molar-refractivity contribution >= 4 is 0 Å². The fraction of sp³-hybridized carbons (Fsp3) is 0.692. The first-order valence-corrected chi connectivity index (χ1v) is 6.37. The summed E-state index contributed by atoms with van der Waals surface area (Å²) in [5.41, 5.74) is 1.00. The number of hydrogen-bond acceptors (Lipinski definition) is 4. The summed E-state index contributed by atoms with van der Waals surface area (Å²) in [6.07, 6.45) is 4.27. The lowest BCUT2D eigenvalue weighted by Gasteiger charge is -2.32. The molecule has 0 bridgehead atoms. The smallest absolute Gasteiger partial charge is 0.0769 e. The Hall–Kier alpha value is -1.00. The minimum atomic E-state index is 0.392. The zero-order valence-corrected chi connectivity index (χ0v) is 10.6. The van der Waals surface area contributed by atoms with Gasteiger partial charge < -0.3 is 10.1 Å². The van der Waals surface area contributed by atoms with E-state index in [2.05, 4.69) is 29.4 Å². The molecule has 94 valence electrons. The first kappa shape index (κ1) is 12.5. The quantitative estimate of drug-likeness (QED) is 0.864. The molecule has 4 nitrogen and oxygen atoms in total. The highest BCUT2D eigenvalue weighted by molar-refractivity contribution is 4.98. The van der Waals surface area contributed by atoms with Crippen LogP contribution in [0.3, 0.4) is 0 Å². The van der Waals surface area contributed by atoms with E-state index in [9.17, 15) is 0 Å². The van der Waals surface area contributed by atoms with Crippen LogP contribution in [0.15, 0.2) is 18.3 Å². The van der Waals surface area contributed by atoms with Crippen molar-refractivity contribution in [3.05, 3.63) is 24.0 Å². The average Bonchev–Trinajstić information content (AvgIpc) is 2.38. The van der Waals surface area contributed by atoms with E-state index in [0.717, 1.165) is 31.7 Å². The normalized spacial score (nSPS) is 25.1. The highest BCUT2D eigenvalue weighted by Crippen LogP contribution is 2.20. The minimum absolute atomic E-state index is 0.392. The Kier molecular flexibility index (Phi) is 4.45. The van der Waals surface area contributed by atoms with Gasteiger partial charge >= 0.3 is 0 Å². The molecule has 4 heteroatoms. The Labute approximate surface area is 103 Å². The van der Waals surface area contributed by atoms with E-state index < -0.39 is 0 Å². The van der Waals surface area contributed by atoms with Gasteiger partial charge in [0.25, 0.3) is 0 Å². The number of aromatic nitrogens is 2. The average molecular weight is 235 g/mol. The van der Waals surface area contributed by atoms with E-state index in [1.54, 1.807) is 6.20 Å². The second-order valence-electron chi connectivity index (χ2n) is 4.97. The summed E-state index contributed by atoms with van der Waals surface area (Å²) >= 11 is 0. The molecule has 0 aromatic carbocycles. The Morgan fingerprint density at radius 1 is 1.53 bits per heavy atom. The van der Waals surface area contributed by atoms with E-state index in [-0.39, 0.29) is 0 Å². The molecular weight excluding hydrogens is 214 g/mol. The Morgan fingerprint density at radius 2 is 2.41 bits per heavy atom. The van der Waals surface area contributed by atoms with E-state index >= 15 is 0 Å². The van der Waals surface area contributed by atoms with Crippen LogP contribution in [0.5, 0.6) is 0 Å². The topological polar surface area (TPSA) is 47.0 Å². The van der Waals surface area contributed by atoms with Crippen LogP contribution in [0.2, 0.25) is 0 Å². The summed E-state index contributed by atoms with van der Waals surface area (Å²) in [6.45, 7) is 6.09. The third-order valence-corrected chi connectivity index (χ3v) is 3.26. The van der Waals surface area contributed by atoms with Crippen LogP contribution in [0.4, 0.5) is 0 Å². The van der Waals surface area contributed by atoms with Crippen LogP contribution in [0.1, 0.15) is 32.4 Å². The lowest BCUT2D eigenvalue weighted by molar-refractivity contribution is -0.0246. The molecule has 2 unspecified atom stereocenters. The second kappa shape index (κ2) is 6.07. The molecule has 1 aliphatic heterocycles. The molecule has 0 spiro atoms. The number of nitrogens with one attached hydrogen (secondary N) is 1. The summed E-state index contributed by atoms with van der Waals surface area (Å²) < 4.78 is 5.75. The molecule has 2 heterocycles. The van der Waals surface area contributed by atoms with Gasteiger partial charge in [-0.25, -0.2) is 0 Å². The lowest BCUT2D eigenvalue weighted by atomic mass is 9.95. The molecule has 1 fully saturated rings. The lowest BCUT2D eigenvalue weighted by Crippen LogP contribution is -2.40. The summed E-state index contributed by atoms with van der Waals surface area (Å²) in [4.78, 5) is 0. The first-order valence-electron chi connectivity index (χ1n) is 6.37. The standard InChI is InChI=1S/C13H21N3O/c1-10(2)13-8-11(5-7-17-13)14-9-12-4-3-6-15-16-12/h3-4,6,10-11,13-14H,5,7-9H2,1-2H3. The van der Waals surface area contributed by atoms with Gasteiger partial charge in [0.2, 0.25) is 0 Å². The van der Waals surface area contributed by atoms with Crippen LogP contribution >= 0.6 is 0 Å². The zero-order valence-electron chi connectivity index (χ0n) is 10.6. The minimum Gasteiger partial charge on any atom is -0.378 e. The maximum atomic E-state index is 5.75. The third kappa shape index (κ3) is 3.75. The third-order valence-electron chi connectivity index (χ3n) is 3.26. The number of hydrogen-bond donors (Lipinski definition) is 1. The van der Waals surface area contributed by atoms with Crippen molar-refractivity contribution in [2.45, 2.75) is 45.4 Å². The van der Waals surface area contributed by atoms with Gasteiger partial charge in [0.15, 0.2) is 0 Å². The van der Waals surface area contributed by atoms with Crippen LogP contribution in [0, 0.1) is 5.92 Å². The van der Waals surface area contributed by atoms with Crippen molar-refractivity contribution in [1.82, 2.24) is 15.5 Å². The Morgan fingerprint density at radius 3 is 3.12 bits per heavy atom. The molecule has 1 aromatic rings. The summed E-state index contributed by atoms with van der Waals surface area (Å²) in [5.74, 6) is 0.594. The van der Waals surface area contributed by atoms with Gasteiger partial charge in [0.05, 0.1) is 11.8 Å². The fourth-order valence-electron chi connectivity index (χ4n) is 2.15. The largest absolute Gasteiger partial charge is 0.378 e. The summed E-state index contributed by atoms with van der Waals surface area (Å²) in [6, 6.07) is 4.46. The van der Waals surface area contributed by atoms with Crippen molar-refractivity contribution in [3.8, 4) is 0 Å². The van der Waals surface area contributed by atoms with Gasteiger partial charge in [-0.3, -0.25) is 0 Å². The second-order valence-corrected chi connectivity index (χ2v) is 4.97. The van der Waals surface area contributed by atoms with Crippen molar-refractivity contribution in [2.75, 3.05) is 6.61 Å². The summed E-state index contributed by atoms with van der Waals surface area (Å²) in [5, 5.41) is 11.5. The molecule has 2 atom stereocenters. The van der Waals surface area contributed by atoms with Crippen LogP contribution < -0.4 is 5.32 Å². The van der Waals surface area contributed by atoms with Gasteiger partial charge in [-0.15, -0.1) is 0 Å². The molecule has 1 aromatic heterocycles. The van der Waals surface area contributed by atoms with Crippen molar-refractivity contribution < 1.29 is 4.74 Å². The van der Waals surface area contributed by atoms with E-state index in [1.807, 2.05) is 12.1 Å². The molecule has 17 heavy (non-hydrogen) atoms. The number of nitrogens with zero attached hydrogens (tertiary/aromatic N) is 2. The van der Waals surface area contributed by atoms with Gasteiger partial charge in [0.1, 0.15) is 0 Å². The fourth-order valence-corrected chi connectivity index (χ4v) is 2.15. The highest BCUT2D eigenvalue weighted by atomic mass is 16.5. The Balaban J connectivity index is 1.79. The van der Waals surface area contributed by atoms with Gasteiger partial charge in [-0.1, -0.05) is 13.8 Å². The predicted octanol–water partition coefficient (Wildman–Crippen LogP) is 1.77. The van der Waals surface area contributed by atoms with E-state index in [0.29, 0.717) is 18.1 Å².